The van der Waals surface area contributed by atoms with Crippen molar-refractivity contribution in [1.82, 2.24) is 10.6 Å². The van der Waals surface area contributed by atoms with Gasteiger partial charge in [-0.15, -0.1) is 24.0 Å². The van der Waals surface area contributed by atoms with Gasteiger partial charge in [0.15, 0.2) is 5.96 Å². The molecule has 1 rings (SSSR count). The molecule has 1 aromatic rings. The molecule has 0 aliphatic rings. The standard InChI is InChI=1S/C17H30N4O4S.HI/c1-3-19-17(20-10-4-12-25-14-13-24-2)21-11-9-15-5-7-16(8-6-15)26(18,22)23;/h5-8H,3-4,9-14H2,1-2H3,(H2,18,22,23)(H2,19,20,21);1H. The van der Waals surface area contributed by atoms with Gasteiger partial charge >= 0.3 is 0 Å². The number of nitrogens with two attached hydrogens (primary N) is 1. The summed E-state index contributed by atoms with van der Waals surface area (Å²) in [5, 5.41) is 11.5. The Morgan fingerprint density at radius 2 is 1.85 bits per heavy atom. The van der Waals surface area contributed by atoms with E-state index in [9.17, 15) is 8.42 Å². The zero-order chi connectivity index (χ0) is 19.3. The fraction of sp³-hybridized carbons (Fsp3) is 0.588. The highest BCUT2D eigenvalue weighted by Crippen LogP contribution is 2.08. The predicted molar refractivity (Wildman–Crippen MR) is 118 cm³/mol. The molecule has 156 valence electrons. The molecule has 8 nitrogen and oxygen atoms in total. The van der Waals surface area contributed by atoms with Gasteiger partial charge in [-0.05, 0) is 37.5 Å². The lowest BCUT2D eigenvalue weighted by atomic mass is 10.1. The van der Waals surface area contributed by atoms with E-state index in [1.54, 1.807) is 19.2 Å². The third-order valence-electron chi connectivity index (χ3n) is 3.45. The number of ether oxygens (including phenoxy) is 2. The number of sulfonamides is 1. The van der Waals surface area contributed by atoms with Crippen LogP contribution >= 0.6 is 24.0 Å². The third-order valence-corrected chi connectivity index (χ3v) is 4.38. The van der Waals surface area contributed by atoms with Crippen molar-refractivity contribution >= 4 is 40.0 Å². The summed E-state index contributed by atoms with van der Waals surface area (Å²) < 4.78 is 32.8. The van der Waals surface area contributed by atoms with Gasteiger partial charge in [0.25, 0.3) is 0 Å². The Morgan fingerprint density at radius 1 is 1.15 bits per heavy atom. The van der Waals surface area contributed by atoms with Crippen molar-refractivity contribution in [2.75, 3.05) is 46.6 Å². The first-order valence-corrected chi connectivity index (χ1v) is 10.2. The lowest BCUT2D eigenvalue weighted by molar-refractivity contribution is 0.0702. The molecular weight excluding hydrogens is 483 g/mol. The van der Waals surface area contributed by atoms with Crippen LogP contribution in [0.2, 0.25) is 0 Å². The second kappa shape index (κ2) is 15.0. The number of nitrogens with zero attached hydrogens (tertiary/aromatic N) is 1. The number of hydrogen-bond donors (Lipinski definition) is 3. The molecule has 27 heavy (non-hydrogen) atoms. The highest BCUT2D eigenvalue weighted by Gasteiger charge is 2.06. The zero-order valence-electron chi connectivity index (χ0n) is 15.9. The van der Waals surface area contributed by atoms with Gasteiger partial charge in [-0.3, -0.25) is 4.99 Å². The van der Waals surface area contributed by atoms with E-state index in [0.29, 0.717) is 32.9 Å². The SMILES string of the molecule is CCNC(=NCCCOCCOC)NCCc1ccc(S(N)(=O)=O)cc1.I. The van der Waals surface area contributed by atoms with Gasteiger partial charge in [0.05, 0.1) is 18.1 Å². The average Bonchev–Trinajstić information content (AvgIpc) is 2.60. The molecule has 0 bridgehead atoms. The van der Waals surface area contributed by atoms with Crippen molar-refractivity contribution in [2.24, 2.45) is 10.1 Å². The van der Waals surface area contributed by atoms with E-state index in [1.807, 2.05) is 6.92 Å². The number of hydrogen-bond acceptors (Lipinski definition) is 5. The summed E-state index contributed by atoms with van der Waals surface area (Å²) in [7, 11) is -1.99. The molecule has 0 aliphatic carbocycles. The molecule has 0 spiro atoms. The summed E-state index contributed by atoms with van der Waals surface area (Å²) in [4.78, 5) is 4.62. The van der Waals surface area contributed by atoms with Gasteiger partial charge in [-0.25, -0.2) is 13.6 Å². The van der Waals surface area contributed by atoms with E-state index < -0.39 is 10.0 Å². The smallest absolute Gasteiger partial charge is 0.238 e. The number of primary sulfonamides is 1. The van der Waals surface area contributed by atoms with Crippen LogP contribution in [-0.2, 0) is 25.9 Å². The number of nitrogens with one attached hydrogen (secondary N) is 2. The highest BCUT2D eigenvalue weighted by molar-refractivity contribution is 14.0. The molecule has 0 saturated carbocycles. The first-order chi connectivity index (χ1) is 12.5. The van der Waals surface area contributed by atoms with Crippen LogP contribution in [0.3, 0.4) is 0 Å². The summed E-state index contributed by atoms with van der Waals surface area (Å²) >= 11 is 0. The Labute approximate surface area is 179 Å². The van der Waals surface area contributed by atoms with E-state index in [4.69, 9.17) is 14.6 Å². The summed E-state index contributed by atoms with van der Waals surface area (Å²) in [6.07, 6.45) is 1.59. The van der Waals surface area contributed by atoms with Crippen molar-refractivity contribution in [3.8, 4) is 0 Å². The van der Waals surface area contributed by atoms with E-state index in [2.05, 4.69) is 15.6 Å². The molecule has 0 fully saturated rings. The van der Waals surface area contributed by atoms with Crippen LogP contribution in [0.5, 0.6) is 0 Å². The second-order valence-corrected chi connectivity index (χ2v) is 7.15. The van der Waals surface area contributed by atoms with Crippen LogP contribution in [0, 0.1) is 0 Å². The monoisotopic (exact) mass is 514 g/mol. The van der Waals surface area contributed by atoms with Crippen LogP contribution in [0.1, 0.15) is 18.9 Å². The molecule has 0 saturated heterocycles. The van der Waals surface area contributed by atoms with Crippen LogP contribution in [-0.4, -0.2) is 60.9 Å². The molecule has 0 aromatic heterocycles. The number of aliphatic imine (C=N–C) groups is 1. The van der Waals surface area contributed by atoms with Crippen molar-refractivity contribution in [3.63, 3.8) is 0 Å². The van der Waals surface area contributed by atoms with Gasteiger partial charge in [0, 0.05) is 33.4 Å². The predicted octanol–water partition coefficient (Wildman–Crippen LogP) is 1.10. The van der Waals surface area contributed by atoms with Gasteiger partial charge in [-0.2, -0.15) is 0 Å². The maximum atomic E-state index is 11.2. The molecule has 0 unspecified atom stereocenters. The van der Waals surface area contributed by atoms with Crippen molar-refractivity contribution in [1.29, 1.82) is 0 Å². The summed E-state index contributed by atoms with van der Waals surface area (Å²) in [6.45, 7) is 6.00. The van der Waals surface area contributed by atoms with E-state index in [-0.39, 0.29) is 28.9 Å². The van der Waals surface area contributed by atoms with Crippen LogP contribution in [0.25, 0.3) is 0 Å². The number of benzene rings is 1. The average molecular weight is 514 g/mol. The lowest BCUT2D eigenvalue weighted by Crippen LogP contribution is -2.38. The number of methoxy groups -OCH3 is 1. The molecule has 0 amide bonds. The lowest BCUT2D eigenvalue weighted by Gasteiger charge is -2.11. The number of rotatable bonds is 12. The Kier molecular flexibility index (Phi) is 14.5. The van der Waals surface area contributed by atoms with Crippen LogP contribution in [0.4, 0.5) is 0 Å². The molecule has 0 radical (unpaired) electrons. The molecule has 4 N–H and O–H groups in total. The summed E-state index contributed by atoms with van der Waals surface area (Å²) in [5.74, 6) is 0.755. The summed E-state index contributed by atoms with van der Waals surface area (Å²) in [6, 6.07) is 6.58. The molecule has 10 heteroatoms. The fourth-order valence-electron chi connectivity index (χ4n) is 2.11. The Balaban J connectivity index is 0.00000676. The summed E-state index contributed by atoms with van der Waals surface area (Å²) in [5.41, 5.74) is 1.02. The molecule has 0 atom stereocenters. The van der Waals surface area contributed by atoms with Gasteiger partial charge in [0.1, 0.15) is 0 Å². The topological polar surface area (TPSA) is 115 Å². The highest BCUT2D eigenvalue weighted by atomic mass is 127. The fourth-order valence-corrected chi connectivity index (χ4v) is 2.63. The Bertz CT molecular complexity index is 639. The molecular formula is C17H31IN4O4S. The zero-order valence-corrected chi connectivity index (χ0v) is 19.1. The minimum absolute atomic E-state index is 0. The third kappa shape index (κ3) is 12.2. The normalized spacial score (nSPS) is 11.7. The molecule has 0 heterocycles. The quantitative estimate of drug-likeness (QED) is 0.167. The second-order valence-electron chi connectivity index (χ2n) is 5.59. The van der Waals surface area contributed by atoms with Crippen molar-refractivity contribution in [2.45, 2.75) is 24.7 Å². The number of halogens is 1. The van der Waals surface area contributed by atoms with E-state index in [0.717, 1.165) is 30.9 Å². The maximum Gasteiger partial charge on any atom is 0.238 e. The Hall–Kier alpha value is -0.950. The maximum absolute atomic E-state index is 11.2. The van der Waals surface area contributed by atoms with Gasteiger partial charge in [-0.1, -0.05) is 12.1 Å². The van der Waals surface area contributed by atoms with E-state index in [1.165, 1.54) is 12.1 Å². The van der Waals surface area contributed by atoms with Gasteiger partial charge in [0.2, 0.25) is 10.0 Å². The minimum Gasteiger partial charge on any atom is -0.382 e. The van der Waals surface area contributed by atoms with E-state index >= 15 is 0 Å². The first-order valence-electron chi connectivity index (χ1n) is 8.68. The number of guanidine groups is 1. The van der Waals surface area contributed by atoms with Crippen molar-refractivity contribution in [3.05, 3.63) is 29.8 Å². The minimum atomic E-state index is -3.64. The molecule has 0 aliphatic heterocycles. The molecule has 1 aromatic carbocycles. The van der Waals surface area contributed by atoms with Crippen molar-refractivity contribution < 1.29 is 17.9 Å². The first kappa shape index (κ1) is 26.1. The van der Waals surface area contributed by atoms with Crippen LogP contribution < -0.4 is 15.8 Å². The Morgan fingerprint density at radius 3 is 2.44 bits per heavy atom. The van der Waals surface area contributed by atoms with Gasteiger partial charge < -0.3 is 20.1 Å². The largest absolute Gasteiger partial charge is 0.382 e. The van der Waals surface area contributed by atoms with Crippen LogP contribution in [0.15, 0.2) is 34.2 Å².